The standard InChI is InChI=1S/C25H26FN5O2/c1-2-33-16-6-15-30-22-9-4-3-8-20(22)27-25(30)28-24(32)23-19-7-5-10-21(19)31(29-23)18-13-11-17(26)12-14-18/h3-4,8-9,11-14H,2,5-7,10,15-16H2,1H3,(H,27,28,32). The smallest absolute Gasteiger partial charge is 0.278 e. The quantitative estimate of drug-likeness (QED) is 0.403. The number of halogens is 1. The third-order valence-corrected chi connectivity index (χ3v) is 5.97. The molecule has 2 aromatic heterocycles. The molecule has 33 heavy (non-hydrogen) atoms. The second-order valence-corrected chi connectivity index (χ2v) is 8.10. The number of carbonyl (C=O) groups is 1. The highest BCUT2D eigenvalue weighted by Gasteiger charge is 2.28. The van der Waals surface area contributed by atoms with E-state index in [0.717, 1.165) is 53.7 Å². The molecule has 2 aromatic carbocycles. The molecule has 0 atom stereocenters. The summed E-state index contributed by atoms with van der Waals surface area (Å²) >= 11 is 0. The number of fused-ring (bicyclic) bond motifs is 2. The van der Waals surface area contributed by atoms with Gasteiger partial charge in [-0.05, 0) is 69.0 Å². The zero-order valence-electron chi connectivity index (χ0n) is 18.6. The fourth-order valence-corrected chi connectivity index (χ4v) is 4.44. The van der Waals surface area contributed by atoms with Gasteiger partial charge in [0.2, 0.25) is 5.95 Å². The fourth-order valence-electron chi connectivity index (χ4n) is 4.44. The number of hydrogen-bond acceptors (Lipinski definition) is 4. The molecule has 8 heteroatoms. The van der Waals surface area contributed by atoms with E-state index in [2.05, 4.69) is 15.4 Å². The number of ether oxygens (including phenoxy) is 1. The minimum absolute atomic E-state index is 0.282. The van der Waals surface area contributed by atoms with Gasteiger partial charge in [-0.3, -0.25) is 10.1 Å². The predicted octanol–water partition coefficient (Wildman–Crippen LogP) is 4.53. The molecule has 0 fully saturated rings. The van der Waals surface area contributed by atoms with Crippen LogP contribution in [0.5, 0.6) is 0 Å². The summed E-state index contributed by atoms with van der Waals surface area (Å²) in [7, 11) is 0. The van der Waals surface area contributed by atoms with Gasteiger partial charge in [0.05, 0.1) is 16.7 Å². The van der Waals surface area contributed by atoms with Gasteiger partial charge >= 0.3 is 0 Å². The van der Waals surface area contributed by atoms with Crippen molar-refractivity contribution in [3.05, 3.63) is 71.3 Å². The number of rotatable bonds is 8. The number of aromatic nitrogens is 4. The van der Waals surface area contributed by atoms with Crippen LogP contribution in [0.4, 0.5) is 10.3 Å². The predicted molar refractivity (Wildman–Crippen MR) is 124 cm³/mol. The molecule has 0 bridgehead atoms. The maximum atomic E-state index is 13.4. The van der Waals surface area contributed by atoms with Crippen molar-refractivity contribution in [2.75, 3.05) is 18.5 Å². The second-order valence-electron chi connectivity index (χ2n) is 8.10. The Kier molecular flexibility index (Phi) is 5.92. The summed E-state index contributed by atoms with van der Waals surface area (Å²) in [6.45, 7) is 3.97. The molecule has 0 saturated carbocycles. The van der Waals surface area contributed by atoms with Gasteiger partial charge in [0.1, 0.15) is 5.82 Å². The molecule has 4 aromatic rings. The second kappa shape index (κ2) is 9.15. The Hall–Kier alpha value is -3.52. The normalized spacial score (nSPS) is 12.9. The molecule has 1 aliphatic carbocycles. The first kappa shape index (κ1) is 21.3. The molecule has 1 N–H and O–H groups in total. The minimum Gasteiger partial charge on any atom is -0.382 e. The van der Waals surface area contributed by atoms with Crippen LogP contribution in [-0.2, 0) is 24.1 Å². The van der Waals surface area contributed by atoms with E-state index < -0.39 is 0 Å². The Labute approximate surface area is 191 Å². The summed E-state index contributed by atoms with van der Waals surface area (Å²) in [5, 5.41) is 7.62. The van der Waals surface area contributed by atoms with Crippen molar-refractivity contribution in [3.63, 3.8) is 0 Å². The molecule has 0 spiro atoms. The van der Waals surface area contributed by atoms with E-state index in [1.165, 1.54) is 12.1 Å². The van der Waals surface area contributed by atoms with E-state index in [4.69, 9.17) is 4.74 Å². The van der Waals surface area contributed by atoms with Crippen molar-refractivity contribution < 1.29 is 13.9 Å². The monoisotopic (exact) mass is 447 g/mol. The number of imidazole rings is 1. The molecule has 1 amide bonds. The molecule has 1 aliphatic rings. The zero-order chi connectivity index (χ0) is 22.8. The number of hydrogen-bond donors (Lipinski definition) is 1. The average molecular weight is 448 g/mol. The number of amides is 1. The summed E-state index contributed by atoms with van der Waals surface area (Å²) < 4.78 is 22.7. The summed E-state index contributed by atoms with van der Waals surface area (Å²) in [6.07, 6.45) is 3.41. The number of carbonyl (C=O) groups excluding carboxylic acids is 1. The van der Waals surface area contributed by atoms with E-state index in [-0.39, 0.29) is 11.7 Å². The van der Waals surface area contributed by atoms with Gasteiger partial charge in [0.25, 0.3) is 5.91 Å². The Morgan fingerprint density at radius 1 is 1.15 bits per heavy atom. The molecular weight excluding hydrogens is 421 g/mol. The van der Waals surface area contributed by atoms with E-state index in [1.807, 2.05) is 35.8 Å². The molecule has 0 unspecified atom stereocenters. The van der Waals surface area contributed by atoms with E-state index in [9.17, 15) is 9.18 Å². The van der Waals surface area contributed by atoms with Crippen LogP contribution >= 0.6 is 0 Å². The highest BCUT2D eigenvalue weighted by atomic mass is 19.1. The molecule has 2 heterocycles. The van der Waals surface area contributed by atoms with Gasteiger partial charge in [0, 0.05) is 31.0 Å². The maximum Gasteiger partial charge on any atom is 0.278 e. The van der Waals surface area contributed by atoms with Gasteiger partial charge in [-0.2, -0.15) is 5.10 Å². The number of anilines is 1. The molecule has 170 valence electrons. The Morgan fingerprint density at radius 2 is 1.97 bits per heavy atom. The lowest BCUT2D eigenvalue weighted by Gasteiger charge is -2.10. The van der Waals surface area contributed by atoms with E-state index in [1.54, 1.807) is 16.8 Å². The van der Waals surface area contributed by atoms with Crippen LogP contribution in [0.3, 0.4) is 0 Å². The molecule has 0 radical (unpaired) electrons. The molecule has 0 saturated heterocycles. The first-order valence-corrected chi connectivity index (χ1v) is 11.4. The number of para-hydroxylation sites is 2. The number of nitrogens with one attached hydrogen (secondary N) is 1. The molecule has 5 rings (SSSR count). The molecule has 0 aliphatic heterocycles. The SMILES string of the molecule is CCOCCCn1c(NC(=O)c2nn(-c3ccc(F)cc3)c3c2CCC3)nc2ccccc21. The first-order valence-electron chi connectivity index (χ1n) is 11.4. The lowest BCUT2D eigenvalue weighted by Crippen LogP contribution is -2.18. The fraction of sp³-hybridized carbons (Fsp3) is 0.320. The summed E-state index contributed by atoms with van der Waals surface area (Å²) in [5.74, 6) is -0.0834. The highest BCUT2D eigenvalue weighted by molar-refractivity contribution is 6.04. The Bertz CT molecular complexity index is 1290. The first-order chi connectivity index (χ1) is 16.2. The van der Waals surface area contributed by atoms with Crippen LogP contribution < -0.4 is 5.32 Å². The van der Waals surface area contributed by atoms with Crippen LogP contribution in [0.15, 0.2) is 48.5 Å². The number of nitrogens with zero attached hydrogens (tertiary/aromatic N) is 4. The molecule has 7 nitrogen and oxygen atoms in total. The van der Waals surface area contributed by atoms with Crippen LogP contribution in [0, 0.1) is 5.82 Å². The van der Waals surface area contributed by atoms with Gasteiger partial charge in [0.15, 0.2) is 5.69 Å². The van der Waals surface area contributed by atoms with Crippen molar-refractivity contribution in [3.8, 4) is 5.69 Å². The largest absolute Gasteiger partial charge is 0.382 e. The average Bonchev–Trinajstić information content (AvgIpc) is 3.51. The van der Waals surface area contributed by atoms with E-state index >= 15 is 0 Å². The van der Waals surface area contributed by atoms with Crippen LogP contribution in [0.2, 0.25) is 0 Å². The topological polar surface area (TPSA) is 74.0 Å². The van der Waals surface area contributed by atoms with Crippen molar-refractivity contribution >= 4 is 22.9 Å². The Balaban J connectivity index is 1.46. The highest BCUT2D eigenvalue weighted by Crippen LogP contribution is 2.29. The van der Waals surface area contributed by atoms with Crippen LogP contribution in [0.1, 0.15) is 41.5 Å². The van der Waals surface area contributed by atoms with Gasteiger partial charge in [-0.25, -0.2) is 14.1 Å². The summed E-state index contributed by atoms with van der Waals surface area (Å²) in [5.41, 5.74) is 4.90. The number of aryl methyl sites for hydroxylation is 1. The van der Waals surface area contributed by atoms with Gasteiger partial charge < -0.3 is 9.30 Å². The third-order valence-electron chi connectivity index (χ3n) is 5.97. The van der Waals surface area contributed by atoms with Crippen molar-refractivity contribution in [2.45, 2.75) is 39.2 Å². The number of benzene rings is 2. The Morgan fingerprint density at radius 3 is 2.79 bits per heavy atom. The zero-order valence-corrected chi connectivity index (χ0v) is 18.6. The minimum atomic E-state index is -0.302. The molecular formula is C25H26FN5O2. The third kappa shape index (κ3) is 4.14. The summed E-state index contributed by atoms with van der Waals surface area (Å²) in [4.78, 5) is 18.0. The van der Waals surface area contributed by atoms with Crippen LogP contribution in [0.25, 0.3) is 16.7 Å². The van der Waals surface area contributed by atoms with Gasteiger partial charge in [-0.15, -0.1) is 0 Å². The van der Waals surface area contributed by atoms with Crippen molar-refractivity contribution in [1.82, 2.24) is 19.3 Å². The maximum absolute atomic E-state index is 13.4. The van der Waals surface area contributed by atoms with Crippen molar-refractivity contribution in [1.29, 1.82) is 0 Å². The van der Waals surface area contributed by atoms with Crippen LogP contribution in [-0.4, -0.2) is 38.5 Å². The van der Waals surface area contributed by atoms with Gasteiger partial charge in [-0.1, -0.05) is 12.1 Å². The van der Waals surface area contributed by atoms with Crippen molar-refractivity contribution in [2.24, 2.45) is 0 Å². The van der Waals surface area contributed by atoms with E-state index in [0.29, 0.717) is 31.4 Å². The summed E-state index contributed by atoms with van der Waals surface area (Å²) in [6, 6.07) is 14.0. The lowest BCUT2D eigenvalue weighted by atomic mass is 10.2. The lowest BCUT2D eigenvalue weighted by molar-refractivity contribution is 0.101.